The van der Waals surface area contributed by atoms with Gasteiger partial charge in [0.05, 0.1) is 6.26 Å². The van der Waals surface area contributed by atoms with Crippen molar-refractivity contribution in [3.63, 3.8) is 0 Å². The Balaban J connectivity index is 0.000000202. The molecule has 0 radical (unpaired) electrons. The third-order valence-electron chi connectivity index (χ3n) is 0.633. The van der Waals surface area contributed by atoms with Gasteiger partial charge in [-0.1, -0.05) is 6.58 Å². The van der Waals surface area contributed by atoms with E-state index in [-0.39, 0.29) is 5.97 Å². The predicted molar refractivity (Wildman–Crippen MR) is 39.2 cm³/mol. The van der Waals surface area contributed by atoms with Crippen molar-refractivity contribution >= 4 is 5.97 Å². The molecule has 0 aliphatic heterocycles. The minimum Gasteiger partial charge on any atom is -0.435 e. The summed E-state index contributed by atoms with van der Waals surface area (Å²) in [4.78, 5) is 19.5. The van der Waals surface area contributed by atoms with Gasteiger partial charge in [-0.25, -0.2) is 4.79 Å². The highest BCUT2D eigenvalue weighted by Gasteiger charge is 1.79. The minimum absolute atomic E-state index is 0.329. The normalized spacial score (nSPS) is 7.75. The zero-order valence-electron chi connectivity index (χ0n) is 6.48. The highest BCUT2D eigenvalue weighted by Crippen LogP contribution is 1.70. The molecule has 0 saturated heterocycles. The maximum atomic E-state index is 9.75. The predicted octanol–water partition coefficient (Wildman–Crippen LogP) is 0.926. The van der Waals surface area contributed by atoms with E-state index < -0.39 is 5.82 Å². The minimum atomic E-state index is -0.657. The number of hydrogen-bond acceptors (Lipinski definition) is 5. The fourth-order valence-corrected chi connectivity index (χ4v) is 0.312. The van der Waals surface area contributed by atoms with Crippen molar-refractivity contribution in [1.29, 1.82) is 0 Å². The van der Waals surface area contributed by atoms with E-state index in [2.05, 4.69) is 20.2 Å². The average molecular weight is 172 g/mol. The third kappa shape index (κ3) is 6.34. The second kappa shape index (κ2) is 5.96. The molecule has 1 aromatic rings. The summed E-state index contributed by atoms with van der Waals surface area (Å²) in [5.74, 6) is -0.986. The lowest BCUT2D eigenvalue weighted by atomic mass is 10.8. The number of carbonyl (C=O) groups excluding carboxylic acids is 1. The van der Waals surface area contributed by atoms with Gasteiger partial charge >= 0.3 is 11.8 Å². The van der Waals surface area contributed by atoms with Gasteiger partial charge < -0.3 is 13.6 Å². The van der Waals surface area contributed by atoms with Crippen molar-refractivity contribution in [1.82, 2.24) is 0 Å². The molecular formula is C7H8O5. The first-order valence-electron chi connectivity index (χ1n) is 2.97. The van der Waals surface area contributed by atoms with Gasteiger partial charge in [0.25, 0.3) is 0 Å². The first kappa shape index (κ1) is 10.2. The molecule has 0 fully saturated rings. The van der Waals surface area contributed by atoms with Crippen LogP contribution in [0.4, 0.5) is 0 Å². The Morgan fingerprint density at radius 2 is 2.08 bits per heavy atom. The van der Waals surface area contributed by atoms with Gasteiger partial charge in [0.2, 0.25) is 0 Å². The van der Waals surface area contributed by atoms with E-state index >= 15 is 0 Å². The molecule has 1 rings (SSSR count). The van der Waals surface area contributed by atoms with Gasteiger partial charge in [0.1, 0.15) is 12.5 Å². The second-order valence-corrected chi connectivity index (χ2v) is 1.53. The highest BCUT2D eigenvalue weighted by atomic mass is 16.5. The summed E-state index contributed by atoms with van der Waals surface area (Å²) in [7, 11) is 0. The molecule has 1 heterocycles. The molecule has 0 saturated carbocycles. The van der Waals surface area contributed by atoms with Gasteiger partial charge in [-0.3, -0.25) is 4.79 Å². The Bertz CT molecular complexity index is 265. The number of hydrogen-bond donors (Lipinski definition) is 0. The molecule has 0 spiro atoms. The van der Waals surface area contributed by atoms with E-state index in [0.717, 1.165) is 6.26 Å². The van der Waals surface area contributed by atoms with E-state index in [1.807, 2.05) is 0 Å². The molecule has 66 valence electrons. The maximum Gasteiger partial charge on any atom is 0.518 e. The summed E-state index contributed by atoms with van der Waals surface area (Å²) in [5, 5.41) is 0. The summed E-state index contributed by atoms with van der Waals surface area (Å²) in [6.07, 6.45) is 3.47. The molecule has 0 unspecified atom stereocenters. The second-order valence-electron chi connectivity index (χ2n) is 1.53. The standard InChI is InChI=1S/C4H6O2.C3H2O3/c1-3-6-4(2)5;4-3-5-1-2-6-3/h3H,1H2,2H3;1-2H. The van der Waals surface area contributed by atoms with E-state index in [1.165, 1.54) is 19.5 Å². The summed E-state index contributed by atoms with van der Waals surface area (Å²) in [6.45, 7) is 4.48. The van der Waals surface area contributed by atoms with Gasteiger partial charge in [-0.15, -0.1) is 0 Å². The summed E-state index contributed by atoms with van der Waals surface area (Å²) in [5.41, 5.74) is 0. The molecule has 0 bridgehead atoms. The van der Waals surface area contributed by atoms with Crippen LogP contribution in [-0.4, -0.2) is 5.97 Å². The number of esters is 1. The van der Waals surface area contributed by atoms with Crippen LogP contribution >= 0.6 is 0 Å². The van der Waals surface area contributed by atoms with Crippen LogP contribution in [0, 0.1) is 0 Å². The zero-order valence-corrected chi connectivity index (χ0v) is 6.48. The third-order valence-corrected chi connectivity index (χ3v) is 0.633. The van der Waals surface area contributed by atoms with Crippen molar-refractivity contribution in [2.24, 2.45) is 0 Å². The van der Waals surface area contributed by atoms with Gasteiger partial charge in [0.15, 0.2) is 0 Å². The lowest BCUT2D eigenvalue weighted by Gasteiger charge is -1.83. The fourth-order valence-electron chi connectivity index (χ4n) is 0.312. The Hall–Kier alpha value is -1.78. The number of ether oxygens (including phenoxy) is 1. The first-order valence-corrected chi connectivity index (χ1v) is 2.97. The quantitative estimate of drug-likeness (QED) is 0.465. The molecule has 0 aromatic carbocycles. The Kier molecular flexibility index (Phi) is 5.08. The summed E-state index contributed by atoms with van der Waals surface area (Å²) in [6, 6.07) is 0. The van der Waals surface area contributed by atoms with Crippen molar-refractivity contribution in [3.05, 3.63) is 36.0 Å². The van der Waals surface area contributed by atoms with Crippen LogP contribution in [0.2, 0.25) is 0 Å². The topological polar surface area (TPSA) is 69.7 Å². The lowest BCUT2D eigenvalue weighted by Crippen LogP contribution is -1.87. The molecule has 5 nitrogen and oxygen atoms in total. The van der Waals surface area contributed by atoms with Crippen LogP contribution in [-0.2, 0) is 9.53 Å². The molecule has 12 heavy (non-hydrogen) atoms. The largest absolute Gasteiger partial charge is 0.518 e. The molecule has 1 aromatic heterocycles. The van der Waals surface area contributed by atoms with E-state index in [0.29, 0.717) is 0 Å². The van der Waals surface area contributed by atoms with Crippen LogP contribution in [0.25, 0.3) is 0 Å². The van der Waals surface area contributed by atoms with Gasteiger partial charge in [0, 0.05) is 6.92 Å². The van der Waals surface area contributed by atoms with Crippen molar-refractivity contribution in [2.45, 2.75) is 6.92 Å². The van der Waals surface area contributed by atoms with Crippen LogP contribution < -0.4 is 5.82 Å². The molecule has 0 N–H and O–H groups in total. The Labute approximate surface area is 68.2 Å². The summed E-state index contributed by atoms with van der Waals surface area (Å²) < 4.78 is 12.4. The van der Waals surface area contributed by atoms with Gasteiger partial charge in [-0.05, 0) is 0 Å². The lowest BCUT2D eigenvalue weighted by molar-refractivity contribution is -0.135. The number of carbonyl (C=O) groups is 1. The van der Waals surface area contributed by atoms with E-state index in [4.69, 9.17) is 0 Å². The SMILES string of the molecule is C=COC(C)=O.O=c1occo1. The monoisotopic (exact) mass is 172 g/mol. The first-order chi connectivity index (χ1) is 5.66. The zero-order chi connectivity index (χ0) is 9.40. The van der Waals surface area contributed by atoms with E-state index in [9.17, 15) is 9.59 Å². The molecule has 0 aliphatic rings. The number of rotatable bonds is 1. The fraction of sp³-hybridized carbons (Fsp3) is 0.143. The highest BCUT2D eigenvalue weighted by molar-refractivity contribution is 5.66. The van der Waals surface area contributed by atoms with Crippen molar-refractivity contribution < 1.29 is 18.4 Å². The molecule has 0 amide bonds. The van der Waals surface area contributed by atoms with Crippen LogP contribution in [0.5, 0.6) is 0 Å². The molecule has 5 heteroatoms. The van der Waals surface area contributed by atoms with E-state index in [1.54, 1.807) is 0 Å². The van der Waals surface area contributed by atoms with Crippen molar-refractivity contribution in [2.75, 3.05) is 0 Å². The molecule has 0 atom stereocenters. The molecule has 0 aliphatic carbocycles. The summed E-state index contributed by atoms with van der Waals surface area (Å²) >= 11 is 0. The van der Waals surface area contributed by atoms with Crippen LogP contribution in [0.15, 0.2) is 39.0 Å². The average Bonchev–Trinajstić information content (AvgIpc) is 2.40. The van der Waals surface area contributed by atoms with Gasteiger partial charge in [-0.2, -0.15) is 0 Å². The maximum absolute atomic E-state index is 9.75. The Morgan fingerprint density at radius 1 is 1.58 bits per heavy atom. The van der Waals surface area contributed by atoms with Crippen LogP contribution in [0.3, 0.4) is 0 Å². The smallest absolute Gasteiger partial charge is 0.435 e. The Morgan fingerprint density at radius 3 is 2.17 bits per heavy atom. The molecular weight excluding hydrogens is 164 g/mol. The van der Waals surface area contributed by atoms with Crippen molar-refractivity contribution in [3.8, 4) is 0 Å². The van der Waals surface area contributed by atoms with Crippen LogP contribution in [0.1, 0.15) is 6.92 Å².